The number of aliphatic hydroxyl groups is 2. The standard InChI is InChI=1S/C33H52N4O7.C29H45N3O8.C2H6/c1-10-21(3)18-25-29(35-15-16-37(7)11-2)27(38)19-26(30(25)39)36-32(40)23(5)13-12-14-28(43-9)31(44-33(34)41)24(6)17-22(4)20-42-8;1-17-11-22(15-33)26(30)23(34)14-21(5)32-29(36)18(2)9-8-10-24(38-6)28(40-16-31-37)20(4)13-19(3)27(35)25(12-17)39-7;1-2/h12-14,17,19,21-22,28,31,35H,10-11,15-16,18,20H2,1-9H3,(H2,34,41)(H,36,40);8-10,13-14,17,19,24-25,27-28,33,35H,11-12,15-16,30H2,1-7H3,(H,32,36);1-2H3/b14-12-,23-13+,24-17+;10-8-,18-9+,20-13+,21-14+,26-22+;. The summed E-state index contributed by atoms with van der Waals surface area (Å²) in [5, 5.41) is 32.3. The minimum absolute atomic E-state index is 0.0538. The number of Topliss-reactive ketones (excluding diaryl/α,β-unsaturated/α-hetero) is 1. The van der Waals surface area contributed by atoms with Gasteiger partial charge in [0.1, 0.15) is 18.3 Å². The molecule has 9 N–H and O–H groups in total. The van der Waals surface area contributed by atoms with Crippen LogP contribution in [-0.2, 0) is 52.4 Å². The molecule has 0 aromatic carbocycles. The number of amides is 3. The molecule has 2 aliphatic rings. The second-order valence-corrected chi connectivity index (χ2v) is 21.4. The van der Waals surface area contributed by atoms with E-state index in [-0.39, 0.29) is 57.9 Å². The van der Waals surface area contributed by atoms with E-state index in [1.807, 2.05) is 74.6 Å². The average molecular weight is 1210 g/mol. The minimum atomic E-state index is -0.947. The molecular weight excluding hydrogens is 1110 g/mol. The topological polar surface area (TPSA) is 319 Å². The molecule has 86 heavy (non-hydrogen) atoms. The van der Waals surface area contributed by atoms with Gasteiger partial charge in [-0.2, -0.15) is 0 Å². The van der Waals surface area contributed by atoms with Crippen LogP contribution >= 0.6 is 0 Å². The third kappa shape index (κ3) is 28.3. The Morgan fingerprint density at radius 2 is 1.66 bits per heavy atom. The van der Waals surface area contributed by atoms with Crippen LogP contribution < -0.4 is 27.4 Å². The molecule has 22 heteroatoms. The molecule has 0 spiro atoms. The van der Waals surface area contributed by atoms with Gasteiger partial charge in [0.05, 0.1) is 42.5 Å². The molecule has 22 nitrogen and oxygen atoms in total. The average Bonchev–Trinajstić information content (AvgIpc) is 1.35. The number of nitrogens with zero attached hydrogens (tertiary/aromatic N) is 2. The Balaban J connectivity index is 0.00000164. The van der Waals surface area contributed by atoms with Crippen molar-refractivity contribution in [1.82, 2.24) is 20.9 Å². The number of rotatable bonds is 25. The Labute approximate surface area is 511 Å². The number of allylic oxidation sites excluding steroid dienone is 8. The Morgan fingerprint density at radius 1 is 1.00 bits per heavy atom. The Hall–Kier alpha value is -6.50. The van der Waals surface area contributed by atoms with Gasteiger partial charge >= 0.3 is 6.09 Å². The van der Waals surface area contributed by atoms with Crippen molar-refractivity contribution < 1.29 is 67.4 Å². The van der Waals surface area contributed by atoms with E-state index >= 15 is 0 Å². The highest BCUT2D eigenvalue weighted by atomic mass is 16.6. The van der Waals surface area contributed by atoms with Crippen molar-refractivity contribution in [2.24, 2.45) is 40.3 Å². The van der Waals surface area contributed by atoms with Gasteiger partial charge in [-0.15, -0.1) is 4.91 Å². The van der Waals surface area contributed by atoms with Gasteiger partial charge in [-0.3, -0.25) is 24.0 Å². The summed E-state index contributed by atoms with van der Waals surface area (Å²) in [4.78, 5) is 89.5. The molecule has 10 unspecified atom stereocenters. The van der Waals surface area contributed by atoms with Crippen LogP contribution in [0.1, 0.15) is 116 Å². The number of nitrogens with two attached hydrogens (primary N) is 2. The van der Waals surface area contributed by atoms with Crippen molar-refractivity contribution in [3.63, 3.8) is 0 Å². The van der Waals surface area contributed by atoms with Gasteiger partial charge in [0.25, 0.3) is 11.8 Å². The number of carbonyl (C=O) groups is 6. The molecule has 1 heterocycles. The smallest absolute Gasteiger partial charge is 0.405 e. The van der Waals surface area contributed by atoms with Crippen molar-refractivity contribution in [3.8, 4) is 0 Å². The molecule has 0 bridgehead atoms. The number of ketones is 3. The normalized spacial score (nSPS) is 25.4. The molecule has 0 aromatic heterocycles. The van der Waals surface area contributed by atoms with Crippen molar-refractivity contribution in [2.45, 2.75) is 152 Å². The molecule has 0 saturated carbocycles. The molecule has 0 saturated heterocycles. The molecule has 1 aliphatic heterocycles. The van der Waals surface area contributed by atoms with Gasteiger partial charge in [-0.1, -0.05) is 110 Å². The van der Waals surface area contributed by atoms with Crippen LogP contribution in [0, 0.1) is 28.6 Å². The van der Waals surface area contributed by atoms with E-state index in [9.17, 15) is 43.9 Å². The number of likely N-dealkylation sites (N-methyl/N-ethyl adjacent to an activating group) is 1. The van der Waals surface area contributed by atoms with Gasteiger partial charge in [0, 0.05) is 82.0 Å². The van der Waals surface area contributed by atoms with Gasteiger partial charge in [0.15, 0.2) is 12.8 Å². The van der Waals surface area contributed by atoms with Crippen LogP contribution in [0.25, 0.3) is 0 Å². The fourth-order valence-electron chi connectivity index (χ4n) is 9.03. The molecule has 3 amide bonds. The number of nitroso groups, excluding NO2 is 1. The van der Waals surface area contributed by atoms with Crippen LogP contribution in [0.4, 0.5) is 4.79 Å². The van der Waals surface area contributed by atoms with E-state index in [4.69, 9.17) is 39.9 Å². The van der Waals surface area contributed by atoms with E-state index < -0.39 is 73.7 Å². The van der Waals surface area contributed by atoms with Crippen molar-refractivity contribution in [2.75, 3.05) is 75.1 Å². The number of hydrogen-bond acceptors (Lipinski definition) is 19. The Kier molecular flexibility index (Phi) is 39.9. The second kappa shape index (κ2) is 43.2. The van der Waals surface area contributed by atoms with Crippen LogP contribution in [0.15, 0.2) is 122 Å². The fraction of sp³-hybridized carbons (Fsp3) is 0.594. The Bertz CT molecular complexity index is 2540. The molecular formula is C64H103N7O15. The first-order valence-electron chi connectivity index (χ1n) is 29.3. The van der Waals surface area contributed by atoms with E-state index in [0.717, 1.165) is 18.5 Å². The maximum Gasteiger partial charge on any atom is 0.405 e. The number of aliphatic hydroxyl groups excluding tert-OH is 2. The maximum atomic E-state index is 13.5. The molecule has 0 aromatic rings. The summed E-state index contributed by atoms with van der Waals surface area (Å²) in [7, 11) is 8.05. The third-order valence-corrected chi connectivity index (χ3v) is 14.2. The quantitative estimate of drug-likeness (QED) is 0.0154. The zero-order valence-corrected chi connectivity index (χ0v) is 54.4. The monoisotopic (exact) mass is 1210 g/mol. The molecule has 484 valence electrons. The predicted octanol–water partition coefficient (Wildman–Crippen LogP) is 7.40. The lowest BCUT2D eigenvalue weighted by molar-refractivity contribution is -0.120. The summed E-state index contributed by atoms with van der Waals surface area (Å²) in [5.74, 6) is -2.44. The molecule has 1 aliphatic carbocycles. The summed E-state index contributed by atoms with van der Waals surface area (Å²) in [6, 6.07) is 0. The van der Waals surface area contributed by atoms with Crippen LogP contribution in [-0.4, -0.2) is 162 Å². The summed E-state index contributed by atoms with van der Waals surface area (Å²) >= 11 is 0. The summed E-state index contributed by atoms with van der Waals surface area (Å²) in [5.41, 5.74) is 14.6. The van der Waals surface area contributed by atoms with Crippen LogP contribution in [0.5, 0.6) is 0 Å². The number of primary amides is 1. The maximum absolute atomic E-state index is 13.5. The number of nitrogens with one attached hydrogen (secondary N) is 3. The largest absolute Gasteiger partial charge is 0.439 e. The zero-order chi connectivity index (χ0) is 65.8. The van der Waals surface area contributed by atoms with Gasteiger partial charge in [0.2, 0.25) is 17.3 Å². The summed E-state index contributed by atoms with van der Waals surface area (Å²) in [6.45, 7) is 25.9. The molecule has 0 fully saturated rings. The van der Waals surface area contributed by atoms with Gasteiger partial charge < -0.3 is 71.0 Å². The lowest BCUT2D eigenvalue weighted by Gasteiger charge is -2.29. The fourth-order valence-corrected chi connectivity index (χ4v) is 9.03. The van der Waals surface area contributed by atoms with Gasteiger partial charge in [-0.25, -0.2) is 4.79 Å². The van der Waals surface area contributed by atoms with Crippen molar-refractivity contribution in [3.05, 3.63) is 122 Å². The molecule has 2 rings (SSSR count). The van der Waals surface area contributed by atoms with E-state index in [1.54, 1.807) is 72.1 Å². The highest BCUT2D eigenvalue weighted by Crippen LogP contribution is 2.28. The SMILES string of the molecule is CC.CCC(C)CC1=C(NCCN(C)CC)C(=O)C=C(NC(=O)/C(C)=C/C=C\C(OC)C(OC(N)=O)/C(C)=C/C(C)COC)C1=O.COC1/C=C\C=C(/C)C(=O)N/C(C)=C/C(=O)/C(N)=C(\CO)CC(C)CC(OC)C(O)C(C)/C=C(\C)C1OCN=O. The zero-order valence-electron chi connectivity index (χ0n) is 54.4. The van der Waals surface area contributed by atoms with Crippen LogP contribution in [0.3, 0.4) is 0 Å². The van der Waals surface area contributed by atoms with Crippen molar-refractivity contribution >= 4 is 35.3 Å². The summed E-state index contributed by atoms with van der Waals surface area (Å²) < 4.78 is 32.9. The highest BCUT2D eigenvalue weighted by molar-refractivity contribution is 6.23. The first-order valence-corrected chi connectivity index (χ1v) is 29.3. The van der Waals surface area contributed by atoms with E-state index in [2.05, 4.69) is 26.0 Å². The highest BCUT2D eigenvalue weighted by Gasteiger charge is 2.32. The number of hydrogen-bond donors (Lipinski definition) is 7. The third-order valence-electron chi connectivity index (χ3n) is 14.2. The van der Waals surface area contributed by atoms with Crippen LogP contribution in [0.2, 0.25) is 0 Å². The number of carbonyl (C=O) groups excluding carboxylic acids is 6. The first kappa shape index (κ1) is 79.5. The number of ether oxygens (including phenoxy) is 6. The minimum Gasteiger partial charge on any atom is -0.439 e. The van der Waals surface area contributed by atoms with Crippen molar-refractivity contribution in [1.29, 1.82) is 0 Å². The lowest BCUT2D eigenvalue weighted by atomic mass is 9.88. The Morgan fingerprint density at radius 3 is 2.22 bits per heavy atom. The van der Waals surface area contributed by atoms with E-state index in [0.29, 0.717) is 66.9 Å². The second-order valence-electron chi connectivity index (χ2n) is 21.4. The van der Waals surface area contributed by atoms with Gasteiger partial charge in [-0.05, 0) is 107 Å². The molecule has 10 atom stereocenters. The predicted molar refractivity (Wildman–Crippen MR) is 335 cm³/mol. The lowest BCUT2D eigenvalue weighted by Crippen LogP contribution is -2.38. The number of methoxy groups -OCH3 is 4. The molecule has 0 radical (unpaired) electrons. The summed E-state index contributed by atoms with van der Waals surface area (Å²) in [6.07, 6.45) is 12.6. The van der Waals surface area contributed by atoms with E-state index in [1.165, 1.54) is 39.6 Å². The first-order chi connectivity index (χ1) is 40.7.